The molecule has 3 aliphatic heterocycles. The van der Waals surface area contributed by atoms with Crippen LogP contribution in [0, 0.1) is 0 Å². The molecule has 0 aliphatic carbocycles. The third kappa shape index (κ3) is 10.3. The van der Waals surface area contributed by atoms with Crippen LogP contribution < -0.4 is 0 Å². The molecular weight excluding hydrogens is 780 g/mol. The number of aliphatic hydroxyl groups is 8. The van der Waals surface area contributed by atoms with E-state index in [1.807, 2.05) is 0 Å². The summed E-state index contributed by atoms with van der Waals surface area (Å²) in [4.78, 5) is 13.1. The predicted octanol–water partition coefficient (Wildman–Crippen LogP) is -2.66. The lowest BCUT2D eigenvalue weighted by molar-refractivity contribution is -0.377. The molecule has 3 aliphatic rings. The Morgan fingerprint density at radius 1 is 0.690 bits per heavy atom. The molecule has 0 radical (unpaired) electrons. The second kappa shape index (κ2) is 20.0. The quantitative estimate of drug-likeness (QED) is 0.0495. The first-order valence-corrected chi connectivity index (χ1v) is 18.3. The highest BCUT2D eigenvalue weighted by molar-refractivity contribution is 5.87. The van der Waals surface area contributed by atoms with Gasteiger partial charge in [0.15, 0.2) is 48.0 Å². The zero-order valence-corrected chi connectivity index (χ0v) is 31.2. The summed E-state index contributed by atoms with van der Waals surface area (Å²) in [6.45, 7) is 1.29. The first kappa shape index (κ1) is 45.3. The van der Waals surface area contributed by atoms with E-state index in [1.165, 1.54) is 43.3 Å². The van der Waals surface area contributed by atoms with Gasteiger partial charge in [-0.1, -0.05) is 12.1 Å². The molecule has 12 N–H and O–H groups in total. The lowest BCUT2D eigenvalue weighted by Gasteiger charge is -2.48. The van der Waals surface area contributed by atoms with Crippen molar-refractivity contribution >= 4 is 12.0 Å². The van der Waals surface area contributed by atoms with E-state index in [2.05, 4.69) is 0 Å². The van der Waals surface area contributed by atoms with Crippen LogP contribution >= 0.6 is 0 Å². The minimum Gasteiger partial charge on any atom is -0.504 e. The molecule has 0 aromatic heterocycles. The Morgan fingerprint density at radius 3 is 1.93 bits per heavy atom. The molecule has 58 heavy (non-hydrogen) atoms. The highest BCUT2D eigenvalue weighted by Crippen LogP contribution is 2.35. The summed E-state index contributed by atoms with van der Waals surface area (Å²) in [5.41, 5.74) is 0.650. The number of esters is 1. The topological polar surface area (TPSA) is 334 Å². The van der Waals surface area contributed by atoms with E-state index in [1.54, 1.807) is 6.92 Å². The van der Waals surface area contributed by atoms with Crippen LogP contribution in [0.1, 0.15) is 31.1 Å². The Morgan fingerprint density at radius 2 is 1.29 bits per heavy atom. The fraction of sp³-hybridized carbons (Fsp3) is 0.595. The lowest BCUT2D eigenvalue weighted by atomic mass is 9.96. The summed E-state index contributed by atoms with van der Waals surface area (Å²) < 4.78 is 45.9. The van der Waals surface area contributed by atoms with Crippen molar-refractivity contribution in [3.05, 3.63) is 53.6 Å². The molecule has 5 rings (SSSR count). The van der Waals surface area contributed by atoms with Crippen molar-refractivity contribution in [2.24, 2.45) is 0 Å². The van der Waals surface area contributed by atoms with Gasteiger partial charge in [-0.05, 0) is 55.3 Å². The molecular formula is C37H50O21. The van der Waals surface area contributed by atoms with Gasteiger partial charge >= 0.3 is 5.97 Å². The van der Waals surface area contributed by atoms with Crippen molar-refractivity contribution in [2.45, 2.75) is 112 Å². The van der Waals surface area contributed by atoms with E-state index >= 15 is 0 Å². The number of phenols is 4. The third-order valence-corrected chi connectivity index (χ3v) is 9.82. The minimum atomic E-state index is -1.99. The number of carbonyl (C=O) groups is 1. The lowest BCUT2D eigenvalue weighted by Crippen LogP contribution is -2.66. The molecule has 2 aromatic rings. The molecule has 3 fully saturated rings. The van der Waals surface area contributed by atoms with E-state index in [4.69, 9.17) is 37.9 Å². The van der Waals surface area contributed by atoms with Crippen LogP contribution in [0.5, 0.6) is 23.0 Å². The van der Waals surface area contributed by atoms with E-state index in [0.717, 1.165) is 12.1 Å². The summed E-state index contributed by atoms with van der Waals surface area (Å²) >= 11 is 0. The van der Waals surface area contributed by atoms with Crippen LogP contribution in [0.4, 0.5) is 0 Å². The summed E-state index contributed by atoms with van der Waals surface area (Å²) in [6, 6.07) is 7.66. The molecule has 0 bridgehead atoms. The second-order valence-corrected chi connectivity index (χ2v) is 13.8. The molecule has 21 heteroatoms. The Bertz CT molecular complexity index is 1680. The van der Waals surface area contributed by atoms with Gasteiger partial charge in [0.1, 0.15) is 67.1 Å². The van der Waals surface area contributed by atoms with Crippen LogP contribution in [0.25, 0.3) is 6.08 Å². The van der Waals surface area contributed by atoms with Crippen molar-refractivity contribution in [1.29, 1.82) is 0 Å². The number of hydrogen-bond donors (Lipinski definition) is 12. The van der Waals surface area contributed by atoms with Gasteiger partial charge in [-0.15, -0.1) is 0 Å². The molecule has 324 valence electrons. The van der Waals surface area contributed by atoms with Crippen molar-refractivity contribution in [3.63, 3.8) is 0 Å². The Labute approximate surface area is 331 Å². The van der Waals surface area contributed by atoms with Gasteiger partial charge in [0.2, 0.25) is 0 Å². The van der Waals surface area contributed by atoms with E-state index in [0.29, 0.717) is 5.56 Å². The normalized spacial score (nSPS) is 36.1. The SMILES string of the molecule is CCO[C@H](CO[C@@H]1O[C@H](CO)[C@@H](OC(=O)C=Cc2ccc(O)c(O)c2)[C@H](O[C@H]2O[C@@H](C)[C@H](O[C@H]3O[C@@H](CO)[C@H](O)[C@H](O)[C@@H]3O)[C@@H](O)[C@@H]2O)[C@H]1O)c1ccc(O)c(O)c1. The van der Waals surface area contributed by atoms with Crippen LogP contribution in [-0.4, -0.2) is 186 Å². The molecule has 3 heterocycles. The number of carbonyl (C=O) groups excluding carboxylic acids is 1. The molecule has 2 aromatic carbocycles. The van der Waals surface area contributed by atoms with Gasteiger partial charge in [-0.3, -0.25) is 0 Å². The fourth-order valence-electron chi connectivity index (χ4n) is 6.62. The third-order valence-electron chi connectivity index (χ3n) is 9.82. The number of hydrogen-bond acceptors (Lipinski definition) is 21. The van der Waals surface area contributed by atoms with E-state index < -0.39 is 135 Å². The van der Waals surface area contributed by atoms with Crippen molar-refractivity contribution in [3.8, 4) is 23.0 Å². The van der Waals surface area contributed by atoms with Crippen molar-refractivity contribution in [2.75, 3.05) is 26.4 Å². The Kier molecular flexibility index (Phi) is 15.6. The van der Waals surface area contributed by atoms with Crippen LogP contribution in [-0.2, 0) is 42.7 Å². The maximum atomic E-state index is 13.1. The molecule has 21 nitrogen and oxygen atoms in total. The zero-order valence-electron chi connectivity index (χ0n) is 31.2. The Balaban J connectivity index is 1.37. The van der Waals surface area contributed by atoms with Gasteiger partial charge in [0, 0.05) is 12.7 Å². The standard InChI is InChI=1S/C37H50O21/c1-3-51-24(17-6-8-19(41)21(43)11-17)14-52-35-31(50)34(33(23(13-39)55-35)56-25(44)9-5-16-4-7-18(40)20(42)10-16)58-36-30(49)28(47)32(15(2)53-36)57-37-29(48)27(46)26(45)22(12-38)54-37/h4-11,15,22-24,26-43,45-50H,3,12-14H2,1-2H3/t15-,22-,23+,24+,26-,27-,28-,29-,30-,31+,32-,33+,34+,35+,36+,37+/m0/s1. The van der Waals surface area contributed by atoms with Crippen LogP contribution in [0.2, 0.25) is 0 Å². The summed E-state index contributed by atoms with van der Waals surface area (Å²) in [5, 5.41) is 124. The number of aliphatic hydroxyl groups excluding tert-OH is 8. The largest absolute Gasteiger partial charge is 0.504 e. The number of rotatable bonds is 15. The minimum absolute atomic E-state index is 0.169. The summed E-state index contributed by atoms with van der Waals surface area (Å²) in [6.07, 6.45) is -23.9. The maximum absolute atomic E-state index is 13.1. The van der Waals surface area contributed by atoms with Crippen LogP contribution in [0.15, 0.2) is 42.5 Å². The summed E-state index contributed by atoms with van der Waals surface area (Å²) in [7, 11) is 0. The first-order valence-electron chi connectivity index (χ1n) is 18.3. The monoisotopic (exact) mass is 830 g/mol. The molecule has 0 spiro atoms. The van der Waals surface area contributed by atoms with Gasteiger partial charge in [0.25, 0.3) is 0 Å². The van der Waals surface area contributed by atoms with Crippen molar-refractivity contribution < 1.29 is 104 Å². The molecule has 0 saturated carbocycles. The number of aromatic hydroxyl groups is 4. The predicted molar refractivity (Wildman–Crippen MR) is 190 cm³/mol. The van der Waals surface area contributed by atoms with Gasteiger partial charge in [-0.25, -0.2) is 4.79 Å². The number of ether oxygens (including phenoxy) is 8. The van der Waals surface area contributed by atoms with Gasteiger partial charge in [-0.2, -0.15) is 0 Å². The molecule has 3 saturated heterocycles. The maximum Gasteiger partial charge on any atom is 0.331 e. The average molecular weight is 831 g/mol. The Hall–Kier alpha value is -3.75. The van der Waals surface area contributed by atoms with E-state index in [-0.39, 0.29) is 24.5 Å². The van der Waals surface area contributed by atoms with Gasteiger partial charge < -0.3 is 99.2 Å². The zero-order chi connectivity index (χ0) is 42.4. The average Bonchev–Trinajstić information content (AvgIpc) is 3.20. The second-order valence-electron chi connectivity index (χ2n) is 13.8. The first-order chi connectivity index (χ1) is 27.6. The molecule has 16 atom stereocenters. The highest BCUT2D eigenvalue weighted by Gasteiger charge is 2.54. The molecule has 0 amide bonds. The smallest absolute Gasteiger partial charge is 0.331 e. The summed E-state index contributed by atoms with van der Waals surface area (Å²) in [5.74, 6) is -2.74. The fourth-order valence-corrected chi connectivity index (χ4v) is 6.62. The van der Waals surface area contributed by atoms with E-state index in [9.17, 15) is 66.1 Å². The van der Waals surface area contributed by atoms with Gasteiger partial charge in [0.05, 0.1) is 25.9 Å². The molecule has 0 unspecified atom stereocenters. The number of phenolic OH excluding ortho intramolecular Hbond substituents is 4. The highest BCUT2D eigenvalue weighted by atomic mass is 16.8. The van der Waals surface area contributed by atoms with Crippen molar-refractivity contribution in [1.82, 2.24) is 0 Å². The number of benzene rings is 2. The van der Waals surface area contributed by atoms with Crippen LogP contribution in [0.3, 0.4) is 0 Å².